The molecular weight excluding hydrogens is 226 g/mol. The zero-order chi connectivity index (χ0) is 12.7. The van der Waals surface area contributed by atoms with Crippen LogP contribution < -0.4 is 0 Å². The van der Waals surface area contributed by atoms with Crippen molar-refractivity contribution in [3.05, 3.63) is 41.7 Å². The van der Waals surface area contributed by atoms with Gasteiger partial charge in [-0.15, -0.1) is 0 Å². The van der Waals surface area contributed by atoms with E-state index >= 15 is 0 Å². The quantitative estimate of drug-likeness (QED) is 0.649. The Balaban J connectivity index is 2.37. The van der Waals surface area contributed by atoms with E-state index in [1.54, 1.807) is 15.6 Å². The largest absolute Gasteiger partial charge is 0.249 e. The summed E-state index contributed by atoms with van der Waals surface area (Å²) in [5, 5.41) is 18.9. The molecule has 0 bridgehead atoms. The molecule has 5 heteroatoms. The number of aryl methyl sites for hydroxylation is 2. The Morgan fingerprint density at radius 1 is 1.28 bits per heavy atom. The van der Waals surface area contributed by atoms with Crippen molar-refractivity contribution in [2.75, 3.05) is 0 Å². The van der Waals surface area contributed by atoms with Gasteiger partial charge in [0.2, 0.25) is 0 Å². The van der Waals surface area contributed by atoms with Gasteiger partial charge in [-0.2, -0.15) is 15.5 Å². The maximum absolute atomic E-state index is 9.24. The molecule has 0 N–H and O–H groups in total. The second-order valence-electron chi connectivity index (χ2n) is 4.13. The summed E-state index contributed by atoms with van der Waals surface area (Å²) in [5.41, 5.74) is 2.25. The number of hydrogen-bond donors (Lipinski definition) is 0. The minimum absolute atomic E-state index is 0.561. The first-order valence-corrected chi connectivity index (χ1v) is 5.59. The van der Waals surface area contributed by atoms with Crippen molar-refractivity contribution < 1.29 is 0 Å². The molecule has 1 aromatic carbocycles. The highest BCUT2D eigenvalue weighted by molar-refractivity contribution is 5.80. The minimum atomic E-state index is 0.561. The van der Waals surface area contributed by atoms with Crippen LogP contribution in [0.15, 0.2) is 30.5 Å². The van der Waals surface area contributed by atoms with Crippen molar-refractivity contribution in [3.8, 4) is 11.9 Å². The predicted molar refractivity (Wildman–Crippen MR) is 67.3 cm³/mol. The van der Waals surface area contributed by atoms with E-state index in [9.17, 15) is 5.26 Å². The van der Waals surface area contributed by atoms with Crippen LogP contribution in [-0.2, 0) is 7.05 Å². The van der Waals surface area contributed by atoms with Crippen molar-refractivity contribution in [1.29, 1.82) is 5.26 Å². The molecule has 88 valence electrons. The van der Waals surface area contributed by atoms with Crippen LogP contribution in [0, 0.1) is 18.3 Å². The lowest BCUT2D eigenvalue weighted by Gasteiger charge is -2.04. The summed E-state index contributed by atoms with van der Waals surface area (Å²) in [6.45, 7) is 1.83. The Kier molecular flexibility index (Phi) is 2.17. The van der Waals surface area contributed by atoms with Gasteiger partial charge >= 0.3 is 0 Å². The van der Waals surface area contributed by atoms with Crippen molar-refractivity contribution in [2.24, 2.45) is 7.05 Å². The SMILES string of the molecule is Cc1nn(C)c(-n2ncc3ccccc32)c1C#N. The van der Waals surface area contributed by atoms with Crippen molar-refractivity contribution in [2.45, 2.75) is 6.92 Å². The van der Waals surface area contributed by atoms with Crippen LogP contribution in [0.4, 0.5) is 0 Å². The molecular formula is C13H11N5. The predicted octanol–water partition coefficient (Wildman–Crippen LogP) is 1.94. The number of hydrogen-bond acceptors (Lipinski definition) is 3. The van der Waals surface area contributed by atoms with Gasteiger partial charge in [-0.25, -0.2) is 9.36 Å². The van der Waals surface area contributed by atoms with E-state index in [4.69, 9.17) is 0 Å². The number of benzene rings is 1. The average Bonchev–Trinajstić information content (AvgIpc) is 2.89. The molecule has 0 saturated carbocycles. The lowest BCUT2D eigenvalue weighted by Crippen LogP contribution is -2.05. The van der Waals surface area contributed by atoms with Gasteiger partial charge in [0.1, 0.15) is 11.6 Å². The van der Waals surface area contributed by atoms with Crippen molar-refractivity contribution in [1.82, 2.24) is 19.6 Å². The zero-order valence-electron chi connectivity index (χ0n) is 10.1. The van der Waals surface area contributed by atoms with E-state index in [1.807, 2.05) is 38.2 Å². The fourth-order valence-corrected chi connectivity index (χ4v) is 2.16. The van der Waals surface area contributed by atoms with Crippen LogP contribution in [0.5, 0.6) is 0 Å². The smallest absolute Gasteiger partial charge is 0.170 e. The Morgan fingerprint density at radius 2 is 2.06 bits per heavy atom. The van der Waals surface area contributed by atoms with Crippen LogP contribution in [0.2, 0.25) is 0 Å². The number of rotatable bonds is 1. The third-order valence-corrected chi connectivity index (χ3v) is 2.98. The molecule has 0 aliphatic carbocycles. The molecule has 18 heavy (non-hydrogen) atoms. The Hall–Kier alpha value is -2.61. The van der Waals surface area contributed by atoms with Gasteiger partial charge in [-0.3, -0.25) is 0 Å². The maximum Gasteiger partial charge on any atom is 0.170 e. The average molecular weight is 237 g/mol. The topological polar surface area (TPSA) is 59.4 Å². The summed E-state index contributed by atoms with van der Waals surface area (Å²) >= 11 is 0. The van der Waals surface area contributed by atoms with Gasteiger partial charge in [-0.05, 0) is 13.0 Å². The Morgan fingerprint density at radius 3 is 2.83 bits per heavy atom. The molecule has 5 nitrogen and oxygen atoms in total. The lowest BCUT2D eigenvalue weighted by molar-refractivity contribution is 0.702. The highest BCUT2D eigenvalue weighted by atomic mass is 15.4. The number of nitriles is 1. The third kappa shape index (κ3) is 1.32. The van der Waals surface area contributed by atoms with Crippen LogP contribution in [-0.4, -0.2) is 19.6 Å². The monoisotopic (exact) mass is 237 g/mol. The fourth-order valence-electron chi connectivity index (χ4n) is 2.16. The Labute approximate surface area is 104 Å². The normalized spacial score (nSPS) is 10.7. The van der Waals surface area contributed by atoms with E-state index < -0.39 is 0 Å². The number of nitrogens with zero attached hydrogens (tertiary/aromatic N) is 5. The van der Waals surface area contributed by atoms with Crippen molar-refractivity contribution >= 4 is 10.9 Å². The van der Waals surface area contributed by atoms with Gasteiger partial charge < -0.3 is 0 Å². The lowest BCUT2D eigenvalue weighted by atomic mass is 10.2. The molecule has 0 aliphatic heterocycles. The summed E-state index contributed by atoms with van der Waals surface area (Å²) in [5.74, 6) is 0.705. The first-order valence-electron chi connectivity index (χ1n) is 5.59. The molecule has 3 rings (SSSR count). The molecule has 0 atom stereocenters. The standard InChI is InChI=1S/C13H11N5/c1-9-11(7-14)13(17(2)16-9)18-12-6-4-3-5-10(12)8-15-18/h3-6,8H,1-2H3. The Bertz CT molecular complexity index is 772. The molecule has 0 fully saturated rings. The second-order valence-corrected chi connectivity index (χ2v) is 4.13. The first-order chi connectivity index (χ1) is 8.72. The van der Waals surface area contributed by atoms with Gasteiger partial charge in [0.15, 0.2) is 5.82 Å². The molecule has 2 heterocycles. The fraction of sp³-hybridized carbons (Fsp3) is 0.154. The number of fused-ring (bicyclic) bond motifs is 1. The van der Waals surface area contributed by atoms with Crippen molar-refractivity contribution in [3.63, 3.8) is 0 Å². The van der Waals surface area contributed by atoms with E-state index in [1.165, 1.54) is 0 Å². The summed E-state index contributed by atoms with van der Waals surface area (Å²) < 4.78 is 3.45. The van der Waals surface area contributed by atoms with Gasteiger partial charge in [0, 0.05) is 12.4 Å². The highest BCUT2D eigenvalue weighted by Crippen LogP contribution is 2.21. The van der Waals surface area contributed by atoms with Gasteiger partial charge in [0.25, 0.3) is 0 Å². The van der Waals surface area contributed by atoms with E-state index in [2.05, 4.69) is 16.3 Å². The van der Waals surface area contributed by atoms with Crippen LogP contribution in [0.25, 0.3) is 16.7 Å². The van der Waals surface area contributed by atoms with E-state index in [0.717, 1.165) is 16.6 Å². The summed E-state index contributed by atoms with van der Waals surface area (Å²) in [4.78, 5) is 0. The molecule has 3 aromatic rings. The van der Waals surface area contributed by atoms with Crippen LogP contribution >= 0.6 is 0 Å². The molecule has 0 saturated heterocycles. The molecule has 0 unspecified atom stereocenters. The highest BCUT2D eigenvalue weighted by Gasteiger charge is 2.16. The molecule has 0 amide bonds. The number of aromatic nitrogens is 4. The third-order valence-electron chi connectivity index (χ3n) is 2.98. The first kappa shape index (κ1) is 10.5. The molecule has 0 aliphatic rings. The number of para-hydroxylation sites is 1. The molecule has 2 aromatic heterocycles. The molecule has 0 radical (unpaired) electrons. The van der Waals surface area contributed by atoms with Crippen LogP contribution in [0.3, 0.4) is 0 Å². The molecule has 0 spiro atoms. The van der Waals surface area contributed by atoms with Gasteiger partial charge in [-0.1, -0.05) is 18.2 Å². The summed E-state index contributed by atoms with van der Waals surface area (Å²) in [6, 6.07) is 10.1. The summed E-state index contributed by atoms with van der Waals surface area (Å²) in [7, 11) is 1.82. The summed E-state index contributed by atoms with van der Waals surface area (Å²) in [6.07, 6.45) is 1.79. The second kappa shape index (κ2) is 3.70. The zero-order valence-corrected chi connectivity index (χ0v) is 10.1. The van der Waals surface area contributed by atoms with Crippen LogP contribution in [0.1, 0.15) is 11.3 Å². The van der Waals surface area contributed by atoms with E-state index in [0.29, 0.717) is 11.4 Å². The van der Waals surface area contributed by atoms with Gasteiger partial charge in [0.05, 0.1) is 17.4 Å². The van der Waals surface area contributed by atoms with E-state index in [-0.39, 0.29) is 0 Å². The maximum atomic E-state index is 9.24. The minimum Gasteiger partial charge on any atom is -0.249 e.